The van der Waals surface area contributed by atoms with Gasteiger partial charge in [0.15, 0.2) is 0 Å². The first-order valence-corrected chi connectivity index (χ1v) is 10.3. The SMILES string of the molecule is O=S(=O)(Nc1ccc(N2CCN3CCC2CC3)cc1)c1ccccc1. The number of hydrogen-bond donors (Lipinski definition) is 1. The number of benzene rings is 2. The van der Waals surface area contributed by atoms with Gasteiger partial charge in [-0.3, -0.25) is 4.72 Å². The van der Waals surface area contributed by atoms with E-state index in [1.165, 1.54) is 31.6 Å². The van der Waals surface area contributed by atoms with Gasteiger partial charge in [-0.15, -0.1) is 0 Å². The minimum atomic E-state index is -3.54. The fourth-order valence-corrected chi connectivity index (χ4v) is 4.84. The Labute approximate surface area is 149 Å². The number of nitrogens with zero attached hydrogens (tertiary/aromatic N) is 2. The molecule has 3 fully saturated rings. The number of anilines is 2. The molecule has 25 heavy (non-hydrogen) atoms. The predicted octanol–water partition coefficient (Wildman–Crippen LogP) is 2.77. The molecule has 5 nitrogen and oxygen atoms in total. The van der Waals surface area contributed by atoms with Crippen molar-refractivity contribution in [2.75, 3.05) is 35.8 Å². The van der Waals surface area contributed by atoms with E-state index in [2.05, 4.69) is 14.5 Å². The van der Waals surface area contributed by atoms with Crippen LogP contribution in [0, 0.1) is 0 Å². The molecule has 3 aliphatic rings. The summed E-state index contributed by atoms with van der Waals surface area (Å²) >= 11 is 0. The second-order valence-corrected chi connectivity index (χ2v) is 8.41. The molecule has 2 bridgehead atoms. The first kappa shape index (κ1) is 16.4. The van der Waals surface area contributed by atoms with Crippen LogP contribution in [0.15, 0.2) is 59.5 Å². The summed E-state index contributed by atoms with van der Waals surface area (Å²) in [5.41, 5.74) is 1.77. The van der Waals surface area contributed by atoms with Crippen molar-refractivity contribution in [2.45, 2.75) is 23.8 Å². The van der Waals surface area contributed by atoms with Crippen molar-refractivity contribution < 1.29 is 8.42 Å². The van der Waals surface area contributed by atoms with Gasteiger partial charge >= 0.3 is 0 Å². The average molecular weight is 357 g/mol. The normalized spacial score (nSPS) is 23.3. The first-order valence-electron chi connectivity index (χ1n) is 8.79. The summed E-state index contributed by atoms with van der Waals surface area (Å²) in [6.45, 7) is 4.53. The van der Waals surface area contributed by atoms with Crippen LogP contribution in [0.4, 0.5) is 11.4 Å². The van der Waals surface area contributed by atoms with Gasteiger partial charge < -0.3 is 9.80 Å². The number of fused-ring (bicyclic) bond motifs is 4. The lowest BCUT2D eigenvalue weighted by molar-refractivity contribution is 0.250. The molecule has 6 heteroatoms. The van der Waals surface area contributed by atoms with Crippen molar-refractivity contribution in [3.05, 3.63) is 54.6 Å². The Morgan fingerprint density at radius 2 is 1.52 bits per heavy atom. The van der Waals surface area contributed by atoms with E-state index in [0.717, 1.165) is 13.1 Å². The highest BCUT2D eigenvalue weighted by Gasteiger charge is 2.29. The third-order valence-electron chi connectivity index (χ3n) is 5.16. The predicted molar refractivity (Wildman–Crippen MR) is 101 cm³/mol. The van der Waals surface area contributed by atoms with Crippen LogP contribution < -0.4 is 9.62 Å². The molecular formula is C19H23N3O2S. The summed E-state index contributed by atoms with van der Waals surface area (Å²) in [6.07, 6.45) is 2.42. The average Bonchev–Trinajstić information content (AvgIpc) is 2.97. The molecule has 0 spiro atoms. The van der Waals surface area contributed by atoms with Gasteiger partial charge in [0.25, 0.3) is 10.0 Å². The summed E-state index contributed by atoms with van der Waals surface area (Å²) in [5, 5.41) is 0. The maximum Gasteiger partial charge on any atom is 0.261 e. The first-order chi connectivity index (χ1) is 12.1. The smallest absolute Gasteiger partial charge is 0.261 e. The van der Waals surface area contributed by atoms with Crippen LogP contribution in [-0.4, -0.2) is 45.5 Å². The molecule has 1 N–H and O–H groups in total. The summed E-state index contributed by atoms with van der Waals surface area (Å²) in [6, 6.07) is 16.8. The number of rotatable bonds is 4. The number of sulfonamides is 1. The van der Waals surface area contributed by atoms with Crippen molar-refractivity contribution in [1.82, 2.24) is 4.90 Å². The van der Waals surface area contributed by atoms with Crippen molar-refractivity contribution in [2.24, 2.45) is 0 Å². The molecule has 0 radical (unpaired) electrons. The Bertz CT molecular complexity index is 814. The van der Waals surface area contributed by atoms with Gasteiger partial charge in [0, 0.05) is 43.6 Å². The standard InChI is InChI=1S/C19H23N3O2S/c23-25(24,19-4-2-1-3-5-19)20-16-6-8-17(9-7-16)22-15-14-21-12-10-18(22)11-13-21/h1-9,18,20H,10-15H2. The number of piperidine rings is 1. The van der Waals surface area contributed by atoms with E-state index in [1.807, 2.05) is 24.3 Å². The Balaban J connectivity index is 1.51. The second-order valence-electron chi connectivity index (χ2n) is 6.73. The molecule has 2 aromatic rings. The fourth-order valence-electron chi connectivity index (χ4n) is 3.76. The molecule has 132 valence electrons. The Morgan fingerprint density at radius 3 is 2.20 bits per heavy atom. The molecule has 0 atom stereocenters. The lowest BCUT2D eigenvalue weighted by atomic mass is 10.0. The van der Waals surface area contributed by atoms with Gasteiger partial charge in [-0.05, 0) is 49.2 Å². The van der Waals surface area contributed by atoms with Crippen LogP contribution >= 0.6 is 0 Å². The van der Waals surface area contributed by atoms with Gasteiger partial charge in [-0.2, -0.15) is 0 Å². The van der Waals surface area contributed by atoms with E-state index < -0.39 is 10.0 Å². The van der Waals surface area contributed by atoms with Crippen LogP contribution in [0.25, 0.3) is 0 Å². The van der Waals surface area contributed by atoms with Gasteiger partial charge in [0.05, 0.1) is 4.90 Å². The number of hydrogen-bond acceptors (Lipinski definition) is 4. The highest BCUT2D eigenvalue weighted by Crippen LogP contribution is 2.28. The Kier molecular flexibility index (Phi) is 4.39. The van der Waals surface area contributed by atoms with E-state index >= 15 is 0 Å². The summed E-state index contributed by atoms with van der Waals surface area (Å²) in [4.78, 5) is 5.28. The highest BCUT2D eigenvalue weighted by atomic mass is 32.2. The quantitative estimate of drug-likeness (QED) is 0.914. The van der Waals surface area contributed by atoms with Gasteiger partial charge in [0.2, 0.25) is 0 Å². The zero-order chi connectivity index (χ0) is 17.3. The van der Waals surface area contributed by atoms with Crippen molar-refractivity contribution >= 4 is 21.4 Å². The summed E-state index contributed by atoms with van der Waals surface area (Å²) in [7, 11) is -3.54. The minimum absolute atomic E-state index is 0.276. The molecule has 3 heterocycles. The molecule has 3 saturated heterocycles. The van der Waals surface area contributed by atoms with E-state index in [4.69, 9.17) is 0 Å². The second kappa shape index (κ2) is 6.69. The van der Waals surface area contributed by atoms with Gasteiger partial charge in [-0.25, -0.2) is 8.42 Å². The molecule has 0 aromatic heterocycles. The topological polar surface area (TPSA) is 52.7 Å². The molecule has 0 unspecified atom stereocenters. The van der Waals surface area contributed by atoms with Crippen molar-refractivity contribution in [3.8, 4) is 0 Å². The molecule has 0 amide bonds. The monoisotopic (exact) mass is 357 g/mol. The molecule has 0 saturated carbocycles. The van der Waals surface area contributed by atoms with Gasteiger partial charge in [0.1, 0.15) is 0 Å². The lowest BCUT2D eigenvalue weighted by Crippen LogP contribution is -2.37. The Hall–Kier alpha value is -2.05. The third kappa shape index (κ3) is 3.50. The minimum Gasteiger partial charge on any atom is -0.367 e. The zero-order valence-corrected chi connectivity index (χ0v) is 15.0. The van der Waals surface area contributed by atoms with Crippen molar-refractivity contribution in [1.29, 1.82) is 0 Å². The maximum absolute atomic E-state index is 12.4. The molecular weight excluding hydrogens is 334 g/mol. The molecule has 2 aromatic carbocycles. The van der Waals surface area contributed by atoms with Crippen LogP contribution in [0.1, 0.15) is 12.8 Å². The zero-order valence-electron chi connectivity index (χ0n) is 14.1. The highest BCUT2D eigenvalue weighted by molar-refractivity contribution is 7.92. The molecule has 0 aliphatic carbocycles. The van der Waals surface area contributed by atoms with E-state index in [1.54, 1.807) is 30.3 Å². The van der Waals surface area contributed by atoms with Crippen LogP contribution in [0.5, 0.6) is 0 Å². The van der Waals surface area contributed by atoms with E-state index in [0.29, 0.717) is 11.7 Å². The van der Waals surface area contributed by atoms with Crippen LogP contribution in [-0.2, 0) is 10.0 Å². The van der Waals surface area contributed by atoms with E-state index in [9.17, 15) is 8.42 Å². The third-order valence-corrected chi connectivity index (χ3v) is 6.56. The molecule has 5 rings (SSSR count). The summed E-state index contributed by atoms with van der Waals surface area (Å²) < 4.78 is 27.5. The lowest BCUT2D eigenvalue weighted by Gasteiger charge is -2.33. The summed E-state index contributed by atoms with van der Waals surface area (Å²) in [5.74, 6) is 0. The fraction of sp³-hybridized carbons (Fsp3) is 0.368. The largest absolute Gasteiger partial charge is 0.367 e. The van der Waals surface area contributed by atoms with Crippen molar-refractivity contribution in [3.63, 3.8) is 0 Å². The molecule has 3 aliphatic heterocycles. The van der Waals surface area contributed by atoms with Gasteiger partial charge in [-0.1, -0.05) is 18.2 Å². The Morgan fingerprint density at radius 1 is 0.840 bits per heavy atom. The van der Waals surface area contributed by atoms with Crippen LogP contribution in [0.3, 0.4) is 0 Å². The van der Waals surface area contributed by atoms with Crippen LogP contribution in [0.2, 0.25) is 0 Å². The number of nitrogens with one attached hydrogen (secondary N) is 1. The van der Waals surface area contributed by atoms with E-state index in [-0.39, 0.29) is 4.90 Å². The maximum atomic E-state index is 12.4.